The summed E-state index contributed by atoms with van der Waals surface area (Å²) in [7, 11) is 0. The fraction of sp³-hybridized carbons (Fsp3) is 0.308. The Morgan fingerprint density at radius 2 is 2.29 bits per heavy atom. The lowest BCUT2D eigenvalue weighted by molar-refractivity contribution is 0.524. The van der Waals surface area contributed by atoms with Gasteiger partial charge in [0.05, 0.1) is 6.04 Å². The lowest BCUT2D eigenvalue weighted by Crippen LogP contribution is -2.27. The van der Waals surface area contributed by atoms with Crippen molar-refractivity contribution in [2.24, 2.45) is 5.84 Å². The van der Waals surface area contributed by atoms with Crippen LogP contribution in [-0.4, -0.2) is 4.98 Å². The van der Waals surface area contributed by atoms with E-state index in [9.17, 15) is 0 Å². The highest BCUT2D eigenvalue weighted by Gasteiger charge is 2.11. The maximum atomic E-state index is 5.62. The molecular formula is C13H17N3S. The van der Waals surface area contributed by atoms with Crippen LogP contribution in [0.25, 0.3) is 0 Å². The monoisotopic (exact) mass is 247 g/mol. The first kappa shape index (κ1) is 12.2. The van der Waals surface area contributed by atoms with Crippen molar-refractivity contribution in [3.05, 3.63) is 52.0 Å². The zero-order valence-electron chi connectivity index (χ0n) is 9.89. The molecule has 0 saturated carbocycles. The highest BCUT2D eigenvalue weighted by atomic mass is 32.1. The molecule has 17 heavy (non-hydrogen) atoms. The van der Waals surface area contributed by atoms with E-state index < -0.39 is 0 Å². The molecule has 0 spiro atoms. The first-order chi connectivity index (χ1) is 8.29. The van der Waals surface area contributed by atoms with E-state index in [4.69, 9.17) is 5.84 Å². The van der Waals surface area contributed by atoms with Crippen molar-refractivity contribution in [3.8, 4) is 0 Å². The largest absolute Gasteiger partial charge is 0.271 e. The van der Waals surface area contributed by atoms with Crippen molar-refractivity contribution in [2.45, 2.75) is 25.8 Å². The minimum absolute atomic E-state index is 0.230. The second-order valence-electron chi connectivity index (χ2n) is 4.07. The molecule has 0 aliphatic rings. The van der Waals surface area contributed by atoms with Crippen LogP contribution in [0.5, 0.6) is 0 Å². The number of aryl methyl sites for hydroxylation is 2. The van der Waals surface area contributed by atoms with Crippen molar-refractivity contribution in [1.82, 2.24) is 10.4 Å². The second kappa shape index (κ2) is 5.91. The molecule has 0 bridgehead atoms. The van der Waals surface area contributed by atoms with Crippen LogP contribution in [0.3, 0.4) is 0 Å². The van der Waals surface area contributed by atoms with Gasteiger partial charge in [-0.05, 0) is 43.5 Å². The molecule has 0 amide bonds. The van der Waals surface area contributed by atoms with Gasteiger partial charge in [0, 0.05) is 22.1 Å². The van der Waals surface area contributed by atoms with Crippen molar-refractivity contribution in [2.75, 3.05) is 0 Å². The Labute approximate surface area is 106 Å². The fourth-order valence-electron chi connectivity index (χ4n) is 1.81. The minimum Gasteiger partial charge on any atom is -0.271 e. The smallest absolute Gasteiger partial charge is 0.0556 e. The normalized spacial score (nSPS) is 12.6. The van der Waals surface area contributed by atoms with Crippen LogP contribution in [-0.2, 0) is 6.42 Å². The summed E-state index contributed by atoms with van der Waals surface area (Å²) in [5.41, 5.74) is 4.14. The Bertz CT molecular complexity index is 453. The Hall–Kier alpha value is -1.23. The maximum Gasteiger partial charge on any atom is 0.0556 e. The molecule has 0 radical (unpaired) electrons. The Morgan fingerprint density at radius 3 is 2.88 bits per heavy atom. The predicted octanol–water partition coefficient (Wildman–Crippen LogP) is 2.59. The van der Waals surface area contributed by atoms with E-state index in [1.165, 1.54) is 15.3 Å². The fourth-order valence-corrected chi connectivity index (χ4v) is 2.78. The highest BCUT2D eigenvalue weighted by Crippen LogP contribution is 2.25. The second-order valence-corrected chi connectivity index (χ2v) is 5.39. The van der Waals surface area contributed by atoms with E-state index in [0.29, 0.717) is 0 Å². The molecule has 0 fully saturated rings. The number of rotatable bonds is 5. The summed E-state index contributed by atoms with van der Waals surface area (Å²) in [5.74, 6) is 5.62. The third kappa shape index (κ3) is 3.36. The summed E-state index contributed by atoms with van der Waals surface area (Å²) in [6.45, 7) is 2.11. The van der Waals surface area contributed by atoms with Crippen molar-refractivity contribution >= 4 is 11.3 Å². The number of nitrogens with zero attached hydrogens (tertiary/aromatic N) is 1. The maximum absolute atomic E-state index is 5.62. The van der Waals surface area contributed by atoms with Gasteiger partial charge in [0.1, 0.15) is 0 Å². The Balaban J connectivity index is 1.97. The van der Waals surface area contributed by atoms with E-state index in [0.717, 1.165) is 12.8 Å². The van der Waals surface area contributed by atoms with Crippen molar-refractivity contribution in [3.63, 3.8) is 0 Å². The van der Waals surface area contributed by atoms with Gasteiger partial charge in [0.25, 0.3) is 0 Å². The van der Waals surface area contributed by atoms with Crippen LogP contribution >= 0.6 is 11.3 Å². The van der Waals surface area contributed by atoms with Crippen LogP contribution in [0.1, 0.15) is 27.8 Å². The van der Waals surface area contributed by atoms with E-state index in [2.05, 4.69) is 35.5 Å². The molecule has 2 aromatic rings. The van der Waals surface area contributed by atoms with Gasteiger partial charge < -0.3 is 0 Å². The number of nitrogens with two attached hydrogens (primary N) is 1. The molecule has 2 aromatic heterocycles. The summed E-state index contributed by atoms with van der Waals surface area (Å²) in [6.07, 6.45) is 5.68. The predicted molar refractivity (Wildman–Crippen MR) is 71.7 cm³/mol. The summed E-state index contributed by atoms with van der Waals surface area (Å²) >= 11 is 1.80. The van der Waals surface area contributed by atoms with E-state index in [-0.39, 0.29) is 6.04 Å². The summed E-state index contributed by atoms with van der Waals surface area (Å²) in [4.78, 5) is 6.74. The van der Waals surface area contributed by atoms with Gasteiger partial charge in [-0.2, -0.15) is 0 Å². The van der Waals surface area contributed by atoms with E-state index in [1.807, 2.05) is 12.3 Å². The average Bonchev–Trinajstić information content (AvgIpc) is 2.78. The first-order valence-corrected chi connectivity index (χ1v) is 6.52. The van der Waals surface area contributed by atoms with Gasteiger partial charge in [0.2, 0.25) is 0 Å². The third-order valence-corrected chi connectivity index (χ3v) is 3.86. The summed E-state index contributed by atoms with van der Waals surface area (Å²) < 4.78 is 0. The molecule has 1 unspecified atom stereocenters. The molecule has 2 heterocycles. The summed E-state index contributed by atoms with van der Waals surface area (Å²) in [6, 6.07) is 8.58. The topological polar surface area (TPSA) is 50.9 Å². The molecule has 3 nitrogen and oxygen atoms in total. The number of pyridine rings is 1. The van der Waals surface area contributed by atoms with Crippen LogP contribution < -0.4 is 11.3 Å². The van der Waals surface area contributed by atoms with Crippen molar-refractivity contribution < 1.29 is 0 Å². The molecule has 4 heteroatoms. The SMILES string of the molecule is Cc1ccc(C(CCc2cccnc2)NN)s1. The molecule has 1 atom stereocenters. The third-order valence-electron chi connectivity index (χ3n) is 2.75. The van der Waals surface area contributed by atoms with Gasteiger partial charge >= 0.3 is 0 Å². The molecule has 0 aliphatic carbocycles. The summed E-state index contributed by atoms with van der Waals surface area (Å²) in [5, 5.41) is 0. The average molecular weight is 247 g/mol. The van der Waals surface area contributed by atoms with Crippen LogP contribution in [0.4, 0.5) is 0 Å². The van der Waals surface area contributed by atoms with Crippen LogP contribution in [0.15, 0.2) is 36.7 Å². The number of aromatic nitrogens is 1. The number of hydrogen-bond donors (Lipinski definition) is 2. The number of nitrogens with one attached hydrogen (secondary N) is 1. The quantitative estimate of drug-likeness (QED) is 0.630. The zero-order chi connectivity index (χ0) is 12.1. The number of thiophene rings is 1. The minimum atomic E-state index is 0.230. The molecule has 3 N–H and O–H groups in total. The Morgan fingerprint density at radius 1 is 1.41 bits per heavy atom. The van der Waals surface area contributed by atoms with Gasteiger partial charge in [-0.1, -0.05) is 6.07 Å². The van der Waals surface area contributed by atoms with Crippen molar-refractivity contribution in [1.29, 1.82) is 0 Å². The van der Waals surface area contributed by atoms with E-state index >= 15 is 0 Å². The Kier molecular flexibility index (Phi) is 4.25. The van der Waals surface area contributed by atoms with Crippen LogP contribution in [0, 0.1) is 6.92 Å². The molecule has 0 aliphatic heterocycles. The van der Waals surface area contributed by atoms with Gasteiger partial charge in [-0.15, -0.1) is 11.3 Å². The molecule has 90 valence electrons. The van der Waals surface area contributed by atoms with Crippen LogP contribution in [0.2, 0.25) is 0 Å². The standard InChI is InChI=1S/C13H17N3S/c1-10-4-7-13(17-10)12(16-14)6-5-11-3-2-8-15-9-11/h2-4,7-9,12,16H,5-6,14H2,1H3. The van der Waals surface area contributed by atoms with Gasteiger partial charge in [-0.25, -0.2) is 0 Å². The van der Waals surface area contributed by atoms with Gasteiger partial charge in [-0.3, -0.25) is 16.3 Å². The highest BCUT2D eigenvalue weighted by molar-refractivity contribution is 7.12. The first-order valence-electron chi connectivity index (χ1n) is 5.71. The molecular weight excluding hydrogens is 230 g/mol. The molecule has 2 rings (SSSR count). The number of hydrogen-bond acceptors (Lipinski definition) is 4. The molecule has 0 saturated heterocycles. The van der Waals surface area contributed by atoms with E-state index in [1.54, 1.807) is 17.5 Å². The van der Waals surface area contributed by atoms with Gasteiger partial charge in [0.15, 0.2) is 0 Å². The lowest BCUT2D eigenvalue weighted by Gasteiger charge is -2.13. The lowest BCUT2D eigenvalue weighted by atomic mass is 10.1. The zero-order valence-corrected chi connectivity index (χ0v) is 10.7. The number of hydrazine groups is 1. The molecule has 0 aromatic carbocycles.